The van der Waals surface area contributed by atoms with Crippen molar-refractivity contribution in [3.63, 3.8) is 0 Å². The van der Waals surface area contributed by atoms with E-state index in [1.807, 2.05) is 0 Å². The summed E-state index contributed by atoms with van der Waals surface area (Å²) < 4.78 is 16.8. The Morgan fingerprint density at radius 2 is 0.631 bits per heavy atom. The van der Waals surface area contributed by atoms with Gasteiger partial charge >= 0.3 is 17.9 Å². The normalized spacial score (nSPS) is 12.8. The highest BCUT2D eigenvalue weighted by molar-refractivity contribution is 5.71. The molecule has 0 N–H and O–H groups in total. The third-order valence-electron chi connectivity index (χ3n) is 11.0. The fraction of sp³-hybridized carbons (Fsp3) is 0.678. The van der Waals surface area contributed by atoms with Gasteiger partial charge in [-0.3, -0.25) is 14.4 Å². The molecule has 0 heterocycles. The Labute approximate surface area is 400 Å². The van der Waals surface area contributed by atoms with Gasteiger partial charge in [-0.15, -0.1) is 0 Å². The van der Waals surface area contributed by atoms with Gasteiger partial charge < -0.3 is 14.2 Å². The largest absolute Gasteiger partial charge is 0.462 e. The summed E-state index contributed by atoms with van der Waals surface area (Å²) in [7, 11) is 0. The Morgan fingerprint density at radius 3 is 1.02 bits per heavy atom. The van der Waals surface area contributed by atoms with Crippen LogP contribution in [0.5, 0.6) is 0 Å². The van der Waals surface area contributed by atoms with Crippen molar-refractivity contribution in [1.29, 1.82) is 0 Å². The number of hydrogen-bond acceptors (Lipinski definition) is 6. The molecule has 0 spiro atoms. The van der Waals surface area contributed by atoms with Crippen LogP contribution in [0.1, 0.15) is 239 Å². The minimum absolute atomic E-state index is 0.0922. The van der Waals surface area contributed by atoms with E-state index in [9.17, 15) is 14.4 Å². The molecule has 0 aromatic rings. The van der Waals surface area contributed by atoms with Crippen LogP contribution < -0.4 is 0 Å². The highest BCUT2D eigenvalue weighted by Crippen LogP contribution is 2.14. The van der Waals surface area contributed by atoms with E-state index in [2.05, 4.69) is 118 Å². The van der Waals surface area contributed by atoms with Gasteiger partial charge in [-0.2, -0.15) is 0 Å². The molecule has 0 aromatic carbocycles. The summed E-state index contributed by atoms with van der Waals surface area (Å²) in [5.74, 6) is -0.930. The molecule has 370 valence electrons. The van der Waals surface area contributed by atoms with Crippen LogP contribution in [0.2, 0.25) is 0 Å². The lowest BCUT2D eigenvalue weighted by molar-refractivity contribution is -0.167. The van der Waals surface area contributed by atoms with Gasteiger partial charge in [0.2, 0.25) is 0 Å². The summed E-state index contributed by atoms with van der Waals surface area (Å²) in [6, 6.07) is 0. The monoisotopic (exact) mass is 903 g/mol. The van der Waals surface area contributed by atoms with Crippen LogP contribution in [0, 0.1) is 0 Å². The molecule has 0 saturated heterocycles. The van der Waals surface area contributed by atoms with Gasteiger partial charge in [0.05, 0.1) is 0 Å². The fourth-order valence-corrected chi connectivity index (χ4v) is 7.02. The molecule has 0 bridgehead atoms. The zero-order valence-corrected chi connectivity index (χ0v) is 42.2. The molecule has 0 aromatic heterocycles. The van der Waals surface area contributed by atoms with Crippen molar-refractivity contribution in [3.05, 3.63) is 97.2 Å². The summed E-state index contributed by atoms with van der Waals surface area (Å²) >= 11 is 0. The summed E-state index contributed by atoms with van der Waals surface area (Å²) in [6.07, 6.45) is 69.7. The molecule has 65 heavy (non-hydrogen) atoms. The van der Waals surface area contributed by atoms with Crippen molar-refractivity contribution in [1.82, 2.24) is 0 Å². The van der Waals surface area contributed by atoms with Crippen LogP contribution in [0.15, 0.2) is 97.2 Å². The zero-order chi connectivity index (χ0) is 47.2. The quantitative estimate of drug-likeness (QED) is 0.0262. The first-order valence-electron chi connectivity index (χ1n) is 26.7. The number of carbonyl (C=O) groups excluding carboxylic acids is 3. The molecule has 6 nitrogen and oxygen atoms in total. The molecule has 0 fully saturated rings. The summed E-state index contributed by atoms with van der Waals surface area (Å²) in [5, 5.41) is 0. The molecule has 0 aliphatic heterocycles. The van der Waals surface area contributed by atoms with E-state index in [-0.39, 0.29) is 31.1 Å². The highest BCUT2D eigenvalue weighted by atomic mass is 16.6. The second-order valence-electron chi connectivity index (χ2n) is 17.4. The number of allylic oxidation sites excluding steroid dienone is 16. The lowest BCUT2D eigenvalue weighted by atomic mass is 10.1. The number of esters is 3. The Balaban J connectivity index is 4.34. The van der Waals surface area contributed by atoms with E-state index in [0.29, 0.717) is 19.3 Å². The Bertz CT molecular complexity index is 1310. The van der Waals surface area contributed by atoms with E-state index in [1.165, 1.54) is 57.8 Å². The SMILES string of the molecule is CC/C=C\C/C=C\C/C=C\C/C=C\C/C=C\CCCCCCCCCC(=O)OCC(COC(=O)CCCCCCC/C=C\CCC)OC(=O)CCCCCCC/C=C\C/C=C\CCCC. The Kier molecular flexibility index (Phi) is 50.0. The lowest BCUT2D eigenvalue weighted by Crippen LogP contribution is -2.30. The van der Waals surface area contributed by atoms with Crippen molar-refractivity contribution >= 4 is 17.9 Å². The average Bonchev–Trinajstić information content (AvgIpc) is 3.30. The maximum Gasteiger partial charge on any atom is 0.306 e. The number of hydrogen-bond donors (Lipinski definition) is 0. The first-order chi connectivity index (χ1) is 32.0. The molecule has 0 saturated carbocycles. The lowest BCUT2D eigenvalue weighted by Gasteiger charge is -2.18. The number of rotatable bonds is 47. The molecule has 1 atom stereocenters. The van der Waals surface area contributed by atoms with E-state index in [1.54, 1.807) is 0 Å². The van der Waals surface area contributed by atoms with E-state index < -0.39 is 6.10 Å². The summed E-state index contributed by atoms with van der Waals surface area (Å²) in [6.45, 7) is 6.39. The Hall–Kier alpha value is -3.67. The van der Waals surface area contributed by atoms with Crippen LogP contribution in [0.25, 0.3) is 0 Å². The van der Waals surface area contributed by atoms with Gasteiger partial charge in [0, 0.05) is 19.3 Å². The second kappa shape index (κ2) is 52.9. The maximum atomic E-state index is 12.8. The molecule has 0 aliphatic rings. The van der Waals surface area contributed by atoms with Crippen LogP contribution in [-0.4, -0.2) is 37.2 Å². The topological polar surface area (TPSA) is 78.9 Å². The second-order valence-corrected chi connectivity index (χ2v) is 17.4. The first kappa shape index (κ1) is 61.3. The van der Waals surface area contributed by atoms with Crippen LogP contribution in [0.3, 0.4) is 0 Å². The number of ether oxygens (including phenoxy) is 3. The Morgan fingerprint density at radius 1 is 0.323 bits per heavy atom. The van der Waals surface area contributed by atoms with Crippen LogP contribution >= 0.6 is 0 Å². The predicted molar refractivity (Wildman–Crippen MR) is 279 cm³/mol. The van der Waals surface area contributed by atoms with Crippen molar-refractivity contribution in [2.24, 2.45) is 0 Å². The van der Waals surface area contributed by atoms with E-state index in [4.69, 9.17) is 14.2 Å². The summed E-state index contributed by atoms with van der Waals surface area (Å²) in [4.78, 5) is 38.0. The predicted octanol–water partition coefficient (Wildman–Crippen LogP) is 17.8. The first-order valence-corrected chi connectivity index (χ1v) is 26.7. The number of carbonyl (C=O) groups is 3. The van der Waals surface area contributed by atoms with Gasteiger partial charge in [0.1, 0.15) is 13.2 Å². The molecule has 0 rings (SSSR count). The van der Waals surface area contributed by atoms with Crippen molar-refractivity contribution < 1.29 is 28.6 Å². The number of unbranched alkanes of at least 4 members (excludes halogenated alkanes) is 20. The third kappa shape index (κ3) is 51.2. The molecule has 0 amide bonds. The molecule has 6 heteroatoms. The van der Waals surface area contributed by atoms with Gasteiger partial charge in [0.15, 0.2) is 6.10 Å². The molecular weight excluding hydrogens is 805 g/mol. The highest BCUT2D eigenvalue weighted by Gasteiger charge is 2.19. The average molecular weight is 903 g/mol. The maximum absolute atomic E-state index is 12.8. The van der Waals surface area contributed by atoms with E-state index >= 15 is 0 Å². The van der Waals surface area contributed by atoms with Crippen molar-refractivity contribution in [2.75, 3.05) is 13.2 Å². The van der Waals surface area contributed by atoms with Gasteiger partial charge in [-0.25, -0.2) is 0 Å². The standard InChI is InChI=1S/C59H98O6/c1-4-7-10-13-16-19-22-24-26-27-28-29-30-31-32-33-34-36-37-40-43-46-49-52-58(61)64-55-56(54-63-57(60)51-48-45-42-39-21-18-15-12-9-6-3)65-59(62)53-50-47-44-41-38-35-25-23-20-17-14-11-8-5-2/h7,10,12,14-17,19,23-26,28-29,31-32,56H,4-6,8-9,11,13,18,20-22,27,30,33-55H2,1-3H3/b10-7-,15-12-,17-14-,19-16-,25-23-,26-24-,29-28-,32-31-. The van der Waals surface area contributed by atoms with Crippen LogP contribution in [0.4, 0.5) is 0 Å². The van der Waals surface area contributed by atoms with Gasteiger partial charge in [-0.05, 0) is 109 Å². The minimum Gasteiger partial charge on any atom is -0.462 e. The summed E-state index contributed by atoms with van der Waals surface area (Å²) in [5.41, 5.74) is 0. The van der Waals surface area contributed by atoms with Crippen LogP contribution in [-0.2, 0) is 28.6 Å². The minimum atomic E-state index is -0.793. The van der Waals surface area contributed by atoms with Gasteiger partial charge in [-0.1, -0.05) is 208 Å². The fourth-order valence-electron chi connectivity index (χ4n) is 7.02. The zero-order valence-electron chi connectivity index (χ0n) is 42.2. The van der Waals surface area contributed by atoms with Gasteiger partial charge in [0.25, 0.3) is 0 Å². The molecular formula is C59H98O6. The third-order valence-corrected chi connectivity index (χ3v) is 11.0. The van der Waals surface area contributed by atoms with Crippen molar-refractivity contribution in [3.8, 4) is 0 Å². The molecule has 0 aliphatic carbocycles. The van der Waals surface area contributed by atoms with E-state index in [0.717, 1.165) is 141 Å². The smallest absolute Gasteiger partial charge is 0.306 e. The molecule has 0 radical (unpaired) electrons. The van der Waals surface area contributed by atoms with Crippen molar-refractivity contribution in [2.45, 2.75) is 245 Å². The molecule has 1 unspecified atom stereocenters.